The van der Waals surface area contributed by atoms with Crippen molar-refractivity contribution in [2.45, 2.75) is 46.6 Å². The van der Waals surface area contributed by atoms with Gasteiger partial charge in [0.05, 0.1) is 5.70 Å². The molecular weight excluding hydrogens is 509 g/mol. The monoisotopic (exact) mass is 547 g/mol. The molecule has 1 aromatic carbocycles. The van der Waals surface area contributed by atoms with E-state index in [-0.39, 0.29) is 23.9 Å². The average Bonchev–Trinajstić information content (AvgIpc) is 3.09. The second kappa shape index (κ2) is 13.9. The van der Waals surface area contributed by atoms with Crippen LogP contribution in [-0.4, -0.2) is 47.3 Å². The van der Waals surface area contributed by atoms with E-state index in [1.807, 2.05) is 54.3 Å². The zero-order valence-corrected chi connectivity index (χ0v) is 24.3. The predicted octanol–water partition coefficient (Wildman–Crippen LogP) is 4.13. The topological polar surface area (TPSA) is 110 Å². The first-order valence-corrected chi connectivity index (χ1v) is 13.8. The molecule has 1 unspecified atom stereocenters. The SMILES string of the molecule is CCCN(CCC)C(=O)C1=CC=C(/C=C(\C=C(/C)P)c2ccc3c(=O)n(CC(=O)NC)ccc3c2)N=C(N)C1. The van der Waals surface area contributed by atoms with Crippen molar-refractivity contribution in [2.24, 2.45) is 10.7 Å². The van der Waals surface area contributed by atoms with E-state index in [1.54, 1.807) is 19.3 Å². The standard InChI is InChI=1S/C30H38N5O3P/c1-5-12-34(13-6-2)29(37)23-7-9-25(33-27(31)18-23)17-24(15-20(3)39)21-8-10-26-22(16-21)11-14-35(30(26)38)19-28(36)32-4/h7-11,14-17H,5-6,12-13,18-19,39H2,1-4H3,(H2,31,33)(H,32,36)/b20-15+,24-17+. The lowest BCUT2D eigenvalue weighted by atomic mass is 10.0. The van der Waals surface area contributed by atoms with Gasteiger partial charge in [0.25, 0.3) is 5.56 Å². The van der Waals surface area contributed by atoms with Gasteiger partial charge >= 0.3 is 0 Å². The number of pyridine rings is 1. The van der Waals surface area contributed by atoms with E-state index < -0.39 is 0 Å². The molecule has 2 heterocycles. The van der Waals surface area contributed by atoms with Gasteiger partial charge in [0, 0.05) is 43.7 Å². The zero-order chi connectivity index (χ0) is 28.5. The first-order valence-electron chi connectivity index (χ1n) is 13.2. The van der Waals surface area contributed by atoms with Crippen LogP contribution in [0.5, 0.6) is 0 Å². The fourth-order valence-electron chi connectivity index (χ4n) is 4.41. The molecule has 39 heavy (non-hydrogen) atoms. The van der Waals surface area contributed by atoms with Gasteiger partial charge < -0.3 is 20.5 Å². The van der Waals surface area contributed by atoms with Crippen LogP contribution in [0.2, 0.25) is 0 Å². The molecule has 1 aliphatic rings. The number of fused-ring (bicyclic) bond motifs is 1. The van der Waals surface area contributed by atoms with E-state index in [0.717, 1.165) is 34.7 Å². The van der Waals surface area contributed by atoms with E-state index in [1.165, 1.54) is 4.57 Å². The van der Waals surface area contributed by atoms with Crippen LogP contribution in [-0.2, 0) is 16.1 Å². The third kappa shape index (κ3) is 7.87. The molecular formula is C30H38N5O3P. The summed E-state index contributed by atoms with van der Waals surface area (Å²) < 4.78 is 1.39. The molecule has 9 heteroatoms. The van der Waals surface area contributed by atoms with E-state index >= 15 is 0 Å². The number of nitrogens with zero attached hydrogens (tertiary/aromatic N) is 3. The summed E-state index contributed by atoms with van der Waals surface area (Å²) in [4.78, 5) is 44.3. The number of allylic oxidation sites excluding steroid dienone is 6. The van der Waals surface area contributed by atoms with E-state index in [4.69, 9.17) is 5.73 Å². The van der Waals surface area contributed by atoms with Gasteiger partial charge in [-0.25, -0.2) is 4.99 Å². The van der Waals surface area contributed by atoms with Crippen molar-refractivity contribution < 1.29 is 9.59 Å². The second-order valence-corrected chi connectivity index (χ2v) is 10.5. The fourth-order valence-corrected chi connectivity index (χ4v) is 4.59. The number of carbonyl (C=O) groups is 2. The number of amidine groups is 1. The lowest BCUT2D eigenvalue weighted by molar-refractivity contribution is -0.127. The number of nitrogens with two attached hydrogens (primary N) is 1. The van der Waals surface area contributed by atoms with Gasteiger partial charge in [-0.15, -0.1) is 9.24 Å². The summed E-state index contributed by atoms with van der Waals surface area (Å²) in [6.45, 7) is 7.48. The molecule has 0 aliphatic carbocycles. The van der Waals surface area contributed by atoms with Gasteiger partial charge in [-0.2, -0.15) is 0 Å². The van der Waals surface area contributed by atoms with Gasteiger partial charge in [-0.05, 0) is 66.6 Å². The molecule has 0 fully saturated rings. The molecule has 1 aromatic heterocycles. The van der Waals surface area contributed by atoms with Crippen molar-refractivity contribution in [1.82, 2.24) is 14.8 Å². The number of hydrogen-bond donors (Lipinski definition) is 2. The van der Waals surface area contributed by atoms with Crippen LogP contribution >= 0.6 is 9.24 Å². The van der Waals surface area contributed by atoms with Crippen molar-refractivity contribution in [2.75, 3.05) is 20.1 Å². The minimum Gasteiger partial charge on any atom is -0.387 e. The summed E-state index contributed by atoms with van der Waals surface area (Å²) in [7, 11) is 4.23. The van der Waals surface area contributed by atoms with Crippen LogP contribution in [0.1, 0.15) is 45.6 Å². The normalized spacial score (nSPS) is 14.3. The Balaban J connectivity index is 2.02. The molecule has 3 rings (SSSR count). The third-order valence-corrected chi connectivity index (χ3v) is 6.40. The summed E-state index contributed by atoms with van der Waals surface area (Å²) in [6.07, 6.45) is 11.3. The number of aliphatic imine (C=N–C) groups is 1. The molecule has 0 bridgehead atoms. The summed E-state index contributed by atoms with van der Waals surface area (Å²) in [5, 5.41) is 4.84. The Hall–Kier alpha value is -3.77. The van der Waals surface area contributed by atoms with Gasteiger partial charge in [-0.1, -0.05) is 37.4 Å². The number of nitrogens with one attached hydrogen (secondary N) is 1. The van der Waals surface area contributed by atoms with E-state index in [0.29, 0.717) is 42.0 Å². The molecule has 206 valence electrons. The quantitative estimate of drug-likeness (QED) is 0.344. The smallest absolute Gasteiger partial charge is 0.258 e. The van der Waals surface area contributed by atoms with Crippen LogP contribution in [0, 0.1) is 0 Å². The summed E-state index contributed by atoms with van der Waals surface area (Å²) in [6, 6.07) is 7.43. The first-order chi connectivity index (χ1) is 18.7. The Morgan fingerprint density at radius 3 is 2.54 bits per heavy atom. The first kappa shape index (κ1) is 29.8. The molecule has 2 amide bonds. The molecule has 1 aliphatic heterocycles. The van der Waals surface area contributed by atoms with Crippen LogP contribution in [0.25, 0.3) is 16.3 Å². The Morgan fingerprint density at radius 2 is 1.90 bits per heavy atom. The van der Waals surface area contributed by atoms with Crippen molar-refractivity contribution in [3.63, 3.8) is 0 Å². The number of aromatic nitrogens is 1. The molecule has 2 aromatic rings. The largest absolute Gasteiger partial charge is 0.387 e. The molecule has 0 spiro atoms. The number of benzene rings is 1. The van der Waals surface area contributed by atoms with Crippen LogP contribution in [0.4, 0.5) is 0 Å². The Morgan fingerprint density at radius 1 is 1.18 bits per heavy atom. The third-order valence-electron chi connectivity index (χ3n) is 6.24. The molecule has 3 N–H and O–H groups in total. The maximum atomic E-state index is 13.2. The number of amides is 2. The Kier molecular flexibility index (Phi) is 10.6. The summed E-state index contributed by atoms with van der Waals surface area (Å²) in [5.41, 5.74) is 9.05. The number of hydrogen-bond acceptors (Lipinski definition) is 5. The molecule has 8 nitrogen and oxygen atoms in total. The van der Waals surface area contributed by atoms with Crippen molar-refractivity contribution in [1.29, 1.82) is 0 Å². The lowest BCUT2D eigenvalue weighted by Crippen LogP contribution is -2.34. The number of likely N-dealkylation sites (N-methyl/N-ethyl adjacent to an activating group) is 1. The van der Waals surface area contributed by atoms with Gasteiger partial charge in [0.15, 0.2) is 0 Å². The Labute approximate surface area is 232 Å². The number of carbonyl (C=O) groups excluding carboxylic acids is 2. The second-order valence-electron chi connectivity index (χ2n) is 9.57. The van der Waals surface area contributed by atoms with Crippen LogP contribution in [0.3, 0.4) is 0 Å². The highest BCUT2D eigenvalue weighted by atomic mass is 31.0. The van der Waals surface area contributed by atoms with Crippen LogP contribution < -0.4 is 16.6 Å². The highest BCUT2D eigenvalue weighted by Crippen LogP contribution is 2.26. The summed E-state index contributed by atoms with van der Waals surface area (Å²) >= 11 is 0. The van der Waals surface area contributed by atoms with E-state index in [2.05, 4.69) is 33.4 Å². The van der Waals surface area contributed by atoms with Gasteiger partial charge in [-0.3, -0.25) is 14.4 Å². The van der Waals surface area contributed by atoms with E-state index in [9.17, 15) is 14.4 Å². The molecule has 1 atom stereocenters. The maximum absolute atomic E-state index is 13.2. The van der Waals surface area contributed by atoms with Crippen molar-refractivity contribution in [3.05, 3.63) is 87.3 Å². The van der Waals surface area contributed by atoms with Crippen molar-refractivity contribution >= 4 is 43.2 Å². The van der Waals surface area contributed by atoms with Gasteiger partial charge in [0.1, 0.15) is 12.4 Å². The molecule has 0 radical (unpaired) electrons. The maximum Gasteiger partial charge on any atom is 0.258 e. The highest BCUT2D eigenvalue weighted by Gasteiger charge is 2.19. The molecule has 0 saturated carbocycles. The zero-order valence-electron chi connectivity index (χ0n) is 23.2. The highest BCUT2D eigenvalue weighted by molar-refractivity contribution is 7.22. The predicted molar refractivity (Wildman–Crippen MR) is 163 cm³/mol. The number of rotatable bonds is 10. The average molecular weight is 548 g/mol. The lowest BCUT2D eigenvalue weighted by Gasteiger charge is -2.22. The minimum absolute atomic E-state index is 0.00384. The fraction of sp³-hybridized carbons (Fsp3) is 0.333. The summed E-state index contributed by atoms with van der Waals surface area (Å²) in [5.74, 6) is 0.137. The minimum atomic E-state index is -0.238. The van der Waals surface area contributed by atoms with Gasteiger partial charge in [0.2, 0.25) is 11.8 Å². The Bertz CT molecular complexity index is 1450. The van der Waals surface area contributed by atoms with Crippen LogP contribution in [0.15, 0.2) is 81.1 Å². The van der Waals surface area contributed by atoms with Crippen molar-refractivity contribution in [3.8, 4) is 0 Å². The molecule has 0 saturated heterocycles.